The third kappa shape index (κ3) is 5.61. The van der Waals surface area contributed by atoms with E-state index in [2.05, 4.69) is 10.6 Å². The average molecular weight is 460 g/mol. The van der Waals surface area contributed by atoms with E-state index in [-0.39, 0.29) is 23.0 Å². The average Bonchev–Trinajstić information content (AvgIpc) is 3.63. The standard InChI is InChI=1S/C24H33N3O4S/c1-5-27(6-2)32(29,30)22-15-11-18(12-16-22)17(3)25-24(28)26-23(19-7-8-19)20-9-13-21(31-4)14-10-20/h9-17,19,23H,5-8H2,1-4H3,(H2,25,26,28)/t17-,23+/m0/s1. The van der Waals surface area contributed by atoms with Gasteiger partial charge in [0.1, 0.15) is 5.75 Å². The number of benzene rings is 2. The maximum Gasteiger partial charge on any atom is 0.315 e. The van der Waals surface area contributed by atoms with Gasteiger partial charge in [-0.05, 0) is 61.1 Å². The van der Waals surface area contributed by atoms with Gasteiger partial charge in [0, 0.05) is 13.1 Å². The normalized spacial score (nSPS) is 15.8. The number of rotatable bonds is 10. The molecular formula is C24H33N3O4S. The van der Waals surface area contributed by atoms with Crippen LogP contribution in [0.5, 0.6) is 5.75 Å². The molecule has 1 saturated carbocycles. The van der Waals surface area contributed by atoms with Crippen molar-refractivity contribution in [2.75, 3.05) is 20.2 Å². The molecule has 2 aromatic rings. The van der Waals surface area contributed by atoms with E-state index >= 15 is 0 Å². The first kappa shape index (κ1) is 24.1. The fourth-order valence-electron chi connectivity index (χ4n) is 3.82. The second-order valence-corrected chi connectivity index (χ2v) is 10.0. The lowest BCUT2D eigenvalue weighted by Crippen LogP contribution is -2.40. The molecule has 0 saturated heterocycles. The van der Waals surface area contributed by atoms with E-state index in [0.717, 1.165) is 29.7 Å². The Kier molecular flexibility index (Phi) is 7.79. The van der Waals surface area contributed by atoms with Crippen LogP contribution in [0.15, 0.2) is 53.4 Å². The van der Waals surface area contributed by atoms with Crippen molar-refractivity contribution in [3.05, 3.63) is 59.7 Å². The zero-order valence-electron chi connectivity index (χ0n) is 19.2. The van der Waals surface area contributed by atoms with E-state index in [1.165, 1.54) is 4.31 Å². The predicted molar refractivity (Wildman–Crippen MR) is 125 cm³/mol. The van der Waals surface area contributed by atoms with Crippen molar-refractivity contribution in [2.24, 2.45) is 5.92 Å². The van der Waals surface area contributed by atoms with Crippen LogP contribution >= 0.6 is 0 Å². The molecule has 7 nitrogen and oxygen atoms in total. The van der Waals surface area contributed by atoms with Crippen LogP contribution in [0.3, 0.4) is 0 Å². The lowest BCUT2D eigenvalue weighted by atomic mass is 10.0. The Hall–Kier alpha value is -2.58. The molecule has 3 rings (SSSR count). The fraction of sp³-hybridized carbons (Fsp3) is 0.458. The number of hydrogen-bond acceptors (Lipinski definition) is 4. The molecule has 0 radical (unpaired) electrons. The van der Waals surface area contributed by atoms with Crippen molar-refractivity contribution >= 4 is 16.1 Å². The summed E-state index contributed by atoms with van der Waals surface area (Å²) in [6, 6.07) is 13.9. The number of carbonyl (C=O) groups is 1. The van der Waals surface area contributed by atoms with E-state index in [9.17, 15) is 13.2 Å². The highest BCUT2D eigenvalue weighted by Gasteiger charge is 2.33. The third-order valence-electron chi connectivity index (χ3n) is 5.93. The molecule has 0 heterocycles. The summed E-state index contributed by atoms with van der Waals surface area (Å²) in [6.07, 6.45) is 2.18. The second kappa shape index (κ2) is 10.4. The molecule has 0 aliphatic heterocycles. The van der Waals surface area contributed by atoms with Gasteiger partial charge in [0.05, 0.1) is 24.1 Å². The molecule has 0 unspecified atom stereocenters. The van der Waals surface area contributed by atoms with Crippen LogP contribution in [0.1, 0.15) is 56.8 Å². The minimum atomic E-state index is -3.50. The first-order valence-corrected chi connectivity index (χ1v) is 12.5. The van der Waals surface area contributed by atoms with Crippen molar-refractivity contribution in [1.29, 1.82) is 0 Å². The summed E-state index contributed by atoms with van der Waals surface area (Å²) in [5.74, 6) is 1.22. The molecular weight excluding hydrogens is 426 g/mol. The van der Waals surface area contributed by atoms with Gasteiger partial charge < -0.3 is 15.4 Å². The largest absolute Gasteiger partial charge is 0.497 e. The number of sulfonamides is 1. The lowest BCUT2D eigenvalue weighted by Gasteiger charge is -2.22. The highest BCUT2D eigenvalue weighted by atomic mass is 32.2. The van der Waals surface area contributed by atoms with Gasteiger partial charge in [0.25, 0.3) is 0 Å². The molecule has 2 amide bonds. The Morgan fingerprint density at radius 1 is 1.00 bits per heavy atom. The van der Waals surface area contributed by atoms with Crippen LogP contribution in [0.2, 0.25) is 0 Å². The van der Waals surface area contributed by atoms with Gasteiger partial charge >= 0.3 is 6.03 Å². The van der Waals surface area contributed by atoms with Gasteiger partial charge in [0.15, 0.2) is 0 Å². The van der Waals surface area contributed by atoms with Crippen LogP contribution in [-0.2, 0) is 10.0 Å². The number of hydrogen-bond donors (Lipinski definition) is 2. The highest BCUT2D eigenvalue weighted by molar-refractivity contribution is 7.89. The summed E-state index contributed by atoms with van der Waals surface area (Å²) in [5.41, 5.74) is 1.90. The van der Waals surface area contributed by atoms with Crippen molar-refractivity contribution in [2.45, 2.75) is 50.6 Å². The van der Waals surface area contributed by atoms with Gasteiger partial charge in [-0.1, -0.05) is 38.1 Å². The number of urea groups is 1. The Labute approximate surface area is 191 Å². The molecule has 2 aromatic carbocycles. The zero-order chi connectivity index (χ0) is 23.3. The maximum absolute atomic E-state index is 12.7. The van der Waals surface area contributed by atoms with Crippen molar-refractivity contribution < 1.29 is 17.9 Å². The number of carbonyl (C=O) groups excluding carboxylic acids is 1. The van der Waals surface area contributed by atoms with Crippen molar-refractivity contribution in [3.8, 4) is 5.75 Å². The zero-order valence-corrected chi connectivity index (χ0v) is 20.0. The summed E-state index contributed by atoms with van der Waals surface area (Å²) < 4.78 is 32.0. The van der Waals surface area contributed by atoms with E-state index in [1.54, 1.807) is 31.4 Å². The number of ether oxygens (including phenoxy) is 1. The third-order valence-corrected chi connectivity index (χ3v) is 7.99. The summed E-state index contributed by atoms with van der Waals surface area (Å²) in [4.78, 5) is 13.0. The minimum Gasteiger partial charge on any atom is -0.497 e. The Morgan fingerprint density at radius 2 is 1.56 bits per heavy atom. The molecule has 32 heavy (non-hydrogen) atoms. The second-order valence-electron chi connectivity index (χ2n) is 8.09. The highest BCUT2D eigenvalue weighted by Crippen LogP contribution is 2.41. The Bertz CT molecular complexity index is 999. The predicted octanol–water partition coefficient (Wildman–Crippen LogP) is 4.24. The Balaban J connectivity index is 1.64. The number of amides is 2. The van der Waals surface area contributed by atoms with Crippen molar-refractivity contribution in [3.63, 3.8) is 0 Å². The van der Waals surface area contributed by atoms with Crippen LogP contribution in [-0.4, -0.2) is 39.0 Å². The minimum absolute atomic E-state index is 0.0466. The van der Waals surface area contributed by atoms with E-state index in [0.29, 0.717) is 19.0 Å². The molecule has 0 spiro atoms. The fourth-order valence-corrected chi connectivity index (χ4v) is 5.28. The molecule has 1 aliphatic rings. The summed E-state index contributed by atoms with van der Waals surface area (Å²) >= 11 is 0. The maximum atomic E-state index is 12.7. The SMILES string of the molecule is CCN(CC)S(=O)(=O)c1ccc([C@H](C)NC(=O)N[C@@H](c2ccc(OC)cc2)C2CC2)cc1. The molecule has 0 bridgehead atoms. The van der Waals surface area contributed by atoms with Crippen LogP contribution in [0.25, 0.3) is 0 Å². The van der Waals surface area contributed by atoms with Crippen LogP contribution in [0, 0.1) is 5.92 Å². The van der Waals surface area contributed by atoms with Gasteiger partial charge in [-0.15, -0.1) is 0 Å². The number of nitrogens with one attached hydrogen (secondary N) is 2. The molecule has 8 heteroatoms. The van der Waals surface area contributed by atoms with E-state index < -0.39 is 10.0 Å². The summed E-state index contributed by atoms with van der Waals surface area (Å²) in [7, 11) is -1.87. The molecule has 1 fully saturated rings. The van der Waals surface area contributed by atoms with E-state index in [1.807, 2.05) is 45.0 Å². The molecule has 0 aromatic heterocycles. The summed E-state index contributed by atoms with van der Waals surface area (Å²) in [6.45, 7) is 6.37. The quantitative estimate of drug-likeness (QED) is 0.556. The van der Waals surface area contributed by atoms with Crippen LogP contribution in [0.4, 0.5) is 4.79 Å². The summed E-state index contributed by atoms with van der Waals surface area (Å²) in [5, 5.41) is 6.08. The molecule has 2 N–H and O–H groups in total. The van der Waals surface area contributed by atoms with Gasteiger partial charge in [-0.3, -0.25) is 0 Å². The smallest absolute Gasteiger partial charge is 0.315 e. The first-order chi connectivity index (χ1) is 15.3. The lowest BCUT2D eigenvalue weighted by molar-refractivity contribution is 0.232. The molecule has 2 atom stereocenters. The molecule has 1 aliphatic carbocycles. The Morgan fingerprint density at radius 3 is 2.06 bits per heavy atom. The number of methoxy groups -OCH3 is 1. The van der Waals surface area contributed by atoms with Crippen LogP contribution < -0.4 is 15.4 Å². The number of nitrogens with zero attached hydrogens (tertiary/aromatic N) is 1. The van der Waals surface area contributed by atoms with Gasteiger partial charge in [0.2, 0.25) is 10.0 Å². The molecule has 174 valence electrons. The van der Waals surface area contributed by atoms with Gasteiger partial charge in [-0.25, -0.2) is 13.2 Å². The van der Waals surface area contributed by atoms with Crippen molar-refractivity contribution in [1.82, 2.24) is 14.9 Å². The van der Waals surface area contributed by atoms with E-state index in [4.69, 9.17) is 4.74 Å². The monoisotopic (exact) mass is 459 g/mol. The topological polar surface area (TPSA) is 87.7 Å². The van der Waals surface area contributed by atoms with Gasteiger partial charge in [-0.2, -0.15) is 4.31 Å². The first-order valence-electron chi connectivity index (χ1n) is 11.1.